The van der Waals surface area contributed by atoms with Crippen LogP contribution < -0.4 is 0 Å². The lowest BCUT2D eigenvalue weighted by Gasteiger charge is -2.53. The summed E-state index contributed by atoms with van der Waals surface area (Å²) in [6.45, 7) is 2.82. The molecule has 0 saturated carbocycles. The largest absolute Gasteiger partial charge is 0.396 e. The van der Waals surface area contributed by atoms with E-state index >= 15 is 0 Å². The molecule has 0 spiro atoms. The van der Waals surface area contributed by atoms with E-state index in [1.165, 1.54) is 0 Å². The van der Waals surface area contributed by atoms with Crippen molar-refractivity contribution >= 4 is 5.91 Å². The van der Waals surface area contributed by atoms with Crippen LogP contribution in [0.5, 0.6) is 0 Å². The van der Waals surface area contributed by atoms with Gasteiger partial charge < -0.3 is 14.9 Å². The van der Waals surface area contributed by atoms with E-state index in [1.807, 2.05) is 11.1 Å². The van der Waals surface area contributed by atoms with Gasteiger partial charge in [0, 0.05) is 37.2 Å². The van der Waals surface area contributed by atoms with Crippen molar-refractivity contribution in [1.82, 2.24) is 20.0 Å². The Bertz CT molecular complexity index is 504. The van der Waals surface area contributed by atoms with E-state index in [9.17, 15) is 9.90 Å². The summed E-state index contributed by atoms with van der Waals surface area (Å²) in [6, 6.07) is 0.290. The lowest BCUT2D eigenvalue weighted by molar-refractivity contribution is -0.139. The van der Waals surface area contributed by atoms with Crippen LogP contribution in [0.2, 0.25) is 0 Å². The van der Waals surface area contributed by atoms with Crippen LogP contribution in [0, 0.1) is 5.41 Å². The van der Waals surface area contributed by atoms with Gasteiger partial charge >= 0.3 is 0 Å². The maximum atomic E-state index is 12.5. The van der Waals surface area contributed by atoms with E-state index in [-0.39, 0.29) is 24.0 Å². The molecule has 3 heterocycles. The Morgan fingerprint density at radius 2 is 2.36 bits per heavy atom. The normalized spacial score (nSPS) is 29.4. The summed E-state index contributed by atoms with van der Waals surface area (Å²) in [4.78, 5) is 16.8. The van der Waals surface area contributed by atoms with Crippen molar-refractivity contribution in [3.05, 3.63) is 18.0 Å². The standard InChI is InChI=1S/C16H26N4O2/c1-19-7-2-5-16(12-21)6-8-20(11-14(16)19)15(22)4-3-13-9-17-18-10-13/h9-10,14,21H,2-8,11-12H2,1H3,(H,17,18)/t14-,16-/m1/s1. The monoisotopic (exact) mass is 306 g/mol. The van der Waals surface area contributed by atoms with Crippen LogP contribution in [-0.2, 0) is 11.2 Å². The van der Waals surface area contributed by atoms with Crippen molar-refractivity contribution in [2.24, 2.45) is 5.41 Å². The number of rotatable bonds is 4. The SMILES string of the molecule is CN1CCC[C@]2(CO)CCN(C(=O)CCc3cn[nH]c3)C[C@@H]12. The first kappa shape index (κ1) is 15.5. The molecule has 1 amide bonds. The van der Waals surface area contributed by atoms with Gasteiger partial charge in [-0.2, -0.15) is 5.10 Å². The molecule has 122 valence electrons. The highest BCUT2D eigenvalue weighted by molar-refractivity contribution is 5.76. The molecule has 6 nitrogen and oxygen atoms in total. The number of likely N-dealkylation sites (N-methyl/N-ethyl adjacent to an activating group) is 1. The van der Waals surface area contributed by atoms with E-state index in [4.69, 9.17) is 0 Å². The highest BCUT2D eigenvalue weighted by Crippen LogP contribution is 2.41. The first-order valence-electron chi connectivity index (χ1n) is 8.21. The average molecular weight is 306 g/mol. The van der Waals surface area contributed by atoms with Crippen LogP contribution in [-0.4, -0.2) is 70.3 Å². The lowest BCUT2D eigenvalue weighted by atomic mass is 9.69. The highest BCUT2D eigenvalue weighted by atomic mass is 16.3. The number of carbonyl (C=O) groups is 1. The number of nitrogens with one attached hydrogen (secondary N) is 1. The van der Waals surface area contributed by atoms with Crippen molar-refractivity contribution in [1.29, 1.82) is 0 Å². The number of aryl methyl sites for hydroxylation is 1. The van der Waals surface area contributed by atoms with Crippen LogP contribution in [0.4, 0.5) is 0 Å². The van der Waals surface area contributed by atoms with Gasteiger partial charge in [-0.1, -0.05) is 0 Å². The molecule has 1 aromatic rings. The highest BCUT2D eigenvalue weighted by Gasteiger charge is 2.47. The van der Waals surface area contributed by atoms with Gasteiger partial charge in [0.1, 0.15) is 0 Å². The Labute approximate surface area is 131 Å². The topological polar surface area (TPSA) is 72.5 Å². The van der Waals surface area contributed by atoms with Crippen LogP contribution in [0.15, 0.2) is 12.4 Å². The van der Waals surface area contributed by atoms with Gasteiger partial charge in [0.25, 0.3) is 0 Å². The number of H-pyrrole nitrogens is 1. The zero-order valence-electron chi connectivity index (χ0n) is 13.3. The molecule has 0 aliphatic carbocycles. The first-order chi connectivity index (χ1) is 10.6. The second-order valence-electron chi connectivity index (χ2n) is 6.82. The fourth-order valence-corrected chi connectivity index (χ4v) is 4.07. The molecule has 6 heteroatoms. The minimum Gasteiger partial charge on any atom is -0.396 e. The molecule has 1 aromatic heterocycles. The predicted molar refractivity (Wildman–Crippen MR) is 83.3 cm³/mol. The zero-order chi connectivity index (χ0) is 15.6. The predicted octanol–water partition coefficient (Wildman–Crippen LogP) is 0.647. The Balaban J connectivity index is 1.61. The van der Waals surface area contributed by atoms with Gasteiger partial charge in [-0.3, -0.25) is 9.89 Å². The van der Waals surface area contributed by atoms with Crippen LogP contribution in [0.1, 0.15) is 31.2 Å². The van der Waals surface area contributed by atoms with Crippen molar-refractivity contribution in [2.45, 2.75) is 38.1 Å². The second kappa shape index (κ2) is 6.38. The van der Waals surface area contributed by atoms with Crippen LogP contribution in [0.3, 0.4) is 0 Å². The van der Waals surface area contributed by atoms with Crippen molar-refractivity contribution in [2.75, 3.05) is 33.3 Å². The maximum absolute atomic E-state index is 12.5. The van der Waals surface area contributed by atoms with Crippen molar-refractivity contribution in [3.63, 3.8) is 0 Å². The van der Waals surface area contributed by atoms with E-state index in [0.717, 1.165) is 50.9 Å². The summed E-state index contributed by atoms with van der Waals surface area (Å²) >= 11 is 0. The fourth-order valence-electron chi connectivity index (χ4n) is 4.07. The zero-order valence-corrected chi connectivity index (χ0v) is 13.3. The van der Waals surface area contributed by atoms with Gasteiger partial charge in [0.15, 0.2) is 0 Å². The number of aromatic nitrogens is 2. The minimum absolute atomic E-state index is 0.00562. The Hall–Kier alpha value is -1.40. The molecule has 2 aliphatic heterocycles. The number of aromatic amines is 1. The van der Waals surface area contributed by atoms with E-state index < -0.39 is 0 Å². The Kier molecular flexibility index (Phi) is 4.49. The molecule has 2 fully saturated rings. The van der Waals surface area contributed by atoms with Crippen LogP contribution in [0.25, 0.3) is 0 Å². The number of hydrogen-bond acceptors (Lipinski definition) is 4. The average Bonchev–Trinajstić information content (AvgIpc) is 3.06. The van der Waals surface area contributed by atoms with Gasteiger partial charge in [0.2, 0.25) is 5.91 Å². The third-order valence-corrected chi connectivity index (χ3v) is 5.55. The van der Waals surface area contributed by atoms with Crippen LogP contribution >= 0.6 is 0 Å². The second-order valence-corrected chi connectivity index (χ2v) is 6.82. The molecule has 0 radical (unpaired) electrons. The number of aliphatic hydroxyl groups is 1. The third kappa shape index (κ3) is 2.90. The first-order valence-corrected chi connectivity index (χ1v) is 8.21. The number of hydrogen-bond donors (Lipinski definition) is 2. The number of fused-ring (bicyclic) bond motifs is 1. The van der Waals surface area contributed by atoms with Gasteiger partial charge in [-0.25, -0.2) is 0 Å². The number of carbonyl (C=O) groups excluding carboxylic acids is 1. The number of nitrogens with zero attached hydrogens (tertiary/aromatic N) is 3. The summed E-state index contributed by atoms with van der Waals surface area (Å²) in [6.07, 6.45) is 8.01. The Morgan fingerprint density at radius 1 is 1.50 bits per heavy atom. The van der Waals surface area contributed by atoms with E-state index in [2.05, 4.69) is 22.1 Å². The molecule has 2 atom stereocenters. The molecule has 0 aromatic carbocycles. The van der Waals surface area contributed by atoms with Gasteiger partial charge in [0.05, 0.1) is 12.8 Å². The van der Waals surface area contributed by atoms with Gasteiger partial charge in [-0.05, 0) is 44.8 Å². The molecule has 22 heavy (non-hydrogen) atoms. The molecular formula is C16H26N4O2. The molecule has 0 bridgehead atoms. The summed E-state index contributed by atoms with van der Waals surface area (Å²) in [7, 11) is 2.12. The van der Waals surface area contributed by atoms with E-state index in [1.54, 1.807) is 6.20 Å². The summed E-state index contributed by atoms with van der Waals surface area (Å²) in [5.41, 5.74) is 1.07. The van der Waals surface area contributed by atoms with Crippen molar-refractivity contribution < 1.29 is 9.90 Å². The smallest absolute Gasteiger partial charge is 0.222 e. The molecular weight excluding hydrogens is 280 g/mol. The number of likely N-dealkylation sites (tertiary alicyclic amines) is 2. The molecule has 2 aliphatic rings. The third-order valence-electron chi connectivity index (χ3n) is 5.55. The van der Waals surface area contributed by atoms with E-state index in [0.29, 0.717) is 6.42 Å². The summed E-state index contributed by atoms with van der Waals surface area (Å²) in [5, 5.41) is 16.6. The fraction of sp³-hybridized carbons (Fsp3) is 0.750. The summed E-state index contributed by atoms with van der Waals surface area (Å²) in [5.74, 6) is 0.215. The van der Waals surface area contributed by atoms with Gasteiger partial charge in [-0.15, -0.1) is 0 Å². The molecule has 3 rings (SSSR count). The molecule has 2 N–H and O–H groups in total. The number of piperidine rings is 2. The lowest BCUT2D eigenvalue weighted by Crippen LogP contribution is -2.62. The summed E-state index contributed by atoms with van der Waals surface area (Å²) < 4.78 is 0. The molecule has 2 saturated heterocycles. The Morgan fingerprint density at radius 3 is 3.09 bits per heavy atom. The number of amides is 1. The maximum Gasteiger partial charge on any atom is 0.222 e. The number of aliphatic hydroxyl groups excluding tert-OH is 1. The molecule has 0 unspecified atom stereocenters. The van der Waals surface area contributed by atoms with Crippen molar-refractivity contribution in [3.8, 4) is 0 Å². The quantitative estimate of drug-likeness (QED) is 0.856. The minimum atomic E-state index is -0.00562.